The van der Waals surface area contributed by atoms with Crippen molar-refractivity contribution in [3.05, 3.63) is 35.4 Å². The molecule has 2 aliphatic rings. The van der Waals surface area contributed by atoms with Crippen LogP contribution in [0.5, 0.6) is 0 Å². The number of fused-ring (bicyclic) bond motifs is 1. The van der Waals surface area contributed by atoms with Crippen LogP contribution in [-0.4, -0.2) is 113 Å². The number of hydrogen-bond acceptors (Lipinski definition) is 17. The molecule has 0 bridgehead atoms. The molecule has 9 atom stereocenters. The summed E-state index contributed by atoms with van der Waals surface area (Å²) in [5.41, 5.74) is 11.3. The van der Waals surface area contributed by atoms with Gasteiger partial charge in [0.05, 0.1) is 19.5 Å². The molecular formula is C21H30N8O12P2S2. The van der Waals surface area contributed by atoms with Gasteiger partial charge >= 0.3 is 19.1 Å². The normalized spacial score (nSPS) is 30.2. The van der Waals surface area contributed by atoms with Gasteiger partial charge in [0.1, 0.15) is 54.3 Å². The summed E-state index contributed by atoms with van der Waals surface area (Å²) < 4.78 is 42.3. The Kier molecular flexibility index (Phi) is 10.3. The Morgan fingerprint density at radius 2 is 1.60 bits per heavy atom. The fourth-order valence-corrected chi connectivity index (χ4v) is 7.40. The molecule has 3 aromatic heterocycles. The second-order valence-corrected chi connectivity index (χ2v) is 15.1. The number of methoxy groups -OCH3 is 2. The number of imidazole rings is 1. The minimum Gasteiger partial charge on any atom is -0.394 e. The van der Waals surface area contributed by atoms with Crippen molar-refractivity contribution in [1.82, 2.24) is 29.1 Å². The van der Waals surface area contributed by atoms with Crippen molar-refractivity contribution in [3.63, 3.8) is 0 Å². The van der Waals surface area contributed by atoms with Crippen molar-refractivity contribution in [2.75, 3.05) is 38.9 Å². The summed E-state index contributed by atoms with van der Waals surface area (Å²) in [6.45, 7) is -9.61. The maximum absolute atomic E-state index is 12.5. The third-order valence-corrected chi connectivity index (χ3v) is 9.33. The first-order chi connectivity index (χ1) is 21.3. The van der Waals surface area contributed by atoms with E-state index in [1.54, 1.807) is 0 Å². The van der Waals surface area contributed by atoms with Gasteiger partial charge in [-0.1, -0.05) is 0 Å². The first kappa shape index (κ1) is 34.2. The maximum Gasteiger partial charge on any atom is 0.351 e. The molecule has 0 aliphatic carbocycles. The summed E-state index contributed by atoms with van der Waals surface area (Å²) in [5.74, 6) is 0.101. The lowest BCUT2D eigenvalue weighted by atomic mass is 10.1. The number of anilines is 2. The molecule has 2 saturated heterocycles. The number of aromatic nitrogens is 6. The fourth-order valence-electron chi connectivity index (χ4n) is 5.09. The summed E-state index contributed by atoms with van der Waals surface area (Å²) in [5, 5.41) is 10.1. The summed E-state index contributed by atoms with van der Waals surface area (Å²) in [7, 11) is 2.64. The maximum atomic E-state index is 12.5. The zero-order valence-corrected chi connectivity index (χ0v) is 26.9. The largest absolute Gasteiger partial charge is 0.394 e. The molecule has 5 rings (SSSR count). The Balaban J connectivity index is 1.35. The lowest BCUT2D eigenvalue weighted by Gasteiger charge is -2.28. The lowest BCUT2D eigenvalue weighted by Crippen LogP contribution is -2.39. The third kappa shape index (κ3) is 7.25. The SMILES string of the molecule is CO[C@@H]1[C@H](OP(O)(O)=S)[C@@H](COP(O)(=S)O[C@H]2[C@@H](OC)[C@H](n3cnc4c(N)ncnc43)O[C@@H]2CO)O[C@H]1n1ccc(N)nc1=O. The van der Waals surface area contributed by atoms with Gasteiger partial charge in [0.25, 0.3) is 0 Å². The summed E-state index contributed by atoms with van der Waals surface area (Å²) in [4.78, 5) is 59.5. The first-order valence-electron chi connectivity index (χ1n) is 12.9. The summed E-state index contributed by atoms with van der Waals surface area (Å²) in [6.07, 6.45) is -5.06. The number of nitrogen functional groups attached to an aromatic ring is 2. The Morgan fingerprint density at radius 1 is 0.956 bits per heavy atom. The van der Waals surface area contributed by atoms with Crippen LogP contribution in [0, 0.1) is 0 Å². The Morgan fingerprint density at radius 3 is 2.22 bits per heavy atom. The van der Waals surface area contributed by atoms with E-state index in [1.165, 1.54) is 43.7 Å². The highest BCUT2D eigenvalue weighted by Crippen LogP contribution is 2.51. The molecule has 1 unspecified atom stereocenters. The highest BCUT2D eigenvalue weighted by atomic mass is 32.5. The highest BCUT2D eigenvalue weighted by molar-refractivity contribution is 8.07. The van der Waals surface area contributed by atoms with E-state index < -0.39 is 81.4 Å². The third-order valence-electron chi connectivity index (χ3n) is 7.00. The average molecular weight is 713 g/mol. The van der Waals surface area contributed by atoms with Crippen molar-refractivity contribution in [2.24, 2.45) is 0 Å². The topological polar surface area (TPSA) is 276 Å². The van der Waals surface area contributed by atoms with Gasteiger partial charge in [-0.15, -0.1) is 0 Å². The predicted molar refractivity (Wildman–Crippen MR) is 160 cm³/mol. The van der Waals surface area contributed by atoms with Gasteiger partial charge in [0.2, 0.25) is 0 Å². The van der Waals surface area contributed by atoms with Gasteiger partial charge in [-0.05, 0) is 29.7 Å². The van der Waals surface area contributed by atoms with Gasteiger partial charge in [-0.2, -0.15) is 4.98 Å². The number of ether oxygens (including phenoxy) is 4. The number of nitrogens with two attached hydrogens (primary N) is 2. The number of aliphatic hydroxyl groups excluding tert-OH is 1. The predicted octanol–water partition coefficient (Wildman–Crippen LogP) is -1.72. The number of rotatable bonds is 12. The highest BCUT2D eigenvalue weighted by Gasteiger charge is 2.52. The van der Waals surface area contributed by atoms with E-state index in [1.807, 2.05) is 0 Å². The molecule has 0 radical (unpaired) electrons. The molecule has 24 heteroatoms. The van der Waals surface area contributed by atoms with E-state index >= 15 is 0 Å². The van der Waals surface area contributed by atoms with Crippen LogP contribution >= 0.6 is 13.4 Å². The average Bonchev–Trinajstić information content (AvgIpc) is 3.64. The standard InChI is InChI=1S/C21H30N8O12P2S2/c1-35-15-13(9(5-30)38-20(15)29-8-26-12-17(23)24-7-25-18(12)29)41-43(34,45)37-6-10-14(40-42(32,33)44)16(36-2)19(39-10)28-4-3-11(22)27-21(28)31/h3-4,7-10,13-16,19-20,30H,5-6H2,1-2H3,(H,34,45)(H2,22,27,31)(H2,23,24,25)(H2,32,33,44)/t9-,10-,13-,14-,15-,16-,19-,20-,43?/m1/s1. The Labute approximate surface area is 264 Å². The van der Waals surface area contributed by atoms with E-state index in [2.05, 4.69) is 31.7 Å². The number of nitrogens with zero attached hydrogens (tertiary/aromatic N) is 6. The quantitative estimate of drug-likeness (QED) is 0.114. The van der Waals surface area contributed by atoms with Crippen LogP contribution in [0.4, 0.5) is 11.6 Å². The van der Waals surface area contributed by atoms with Crippen LogP contribution in [0.3, 0.4) is 0 Å². The molecule has 8 N–H and O–H groups in total. The number of hydrogen-bond donors (Lipinski definition) is 6. The second-order valence-electron chi connectivity index (χ2n) is 9.73. The smallest absolute Gasteiger partial charge is 0.351 e. The zero-order chi connectivity index (χ0) is 32.7. The van der Waals surface area contributed by atoms with E-state index in [4.69, 9.17) is 55.8 Å². The molecule has 2 aliphatic heterocycles. The fraction of sp³-hybridized carbons (Fsp3) is 0.571. The van der Waals surface area contributed by atoms with Gasteiger partial charge < -0.3 is 54.7 Å². The lowest BCUT2D eigenvalue weighted by molar-refractivity contribution is -0.0634. The van der Waals surface area contributed by atoms with Crippen molar-refractivity contribution in [1.29, 1.82) is 0 Å². The molecule has 0 amide bonds. The minimum atomic E-state index is -4.31. The number of aliphatic hydroxyl groups is 1. The van der Waals surface area contributed by atoms with Gasteiger partial charge in [0, 0.05) is 20.4 Å². The van der Waals surface area contributed by atoms with Gasteiger partial charge in [0.15, 0.2) is 23.9 Å². The summed E-state index contributed by atoms with van der Waals surface area (Å²) >= 11 is 9.92. The van der Waals surface area contributed by atoms with E-state index in [9.17, 15) is 24.6 Å². The molecule has 0 spiro atoms. The molecule has 3 aromatic rings. The Hall–Kier alpha value is -2.11. The van der Waals surface area contributed by atoms with Crippen molar-refractivity contribution < 1.29 is 52.3 Å². The second kappa shape index (κ2) is 13.6. The van der Waals surface area contributed by atoms with Crippen LogP contribution in [0.25, 0.3) is 11.2 Å². The van der Waals surface area contributed by atoms with Crippen LogP contribution in [0.1, 0.15) is 12.5 Å². The van der Waals surface area contributed by atoms with Crippen LogP contribution in [0.2, 0.25) is 0 Å². The van der Waals surface area contributed by atoms with E-state index in [0.29, 0.717) is 11.2 Å². The molecule has 5 heterocycles. The molecule has 0 saturated carbocycles. The molecule has 20 nitrogen and oxygen atoms in total. The first-order valence-corrected chi connectivity index (χ1v) is 18.1. The van der Waals surface area contributed by atoms with Crippen LogP contribution < -0.4 is 17.2 Å². The molecule has 248 valence electrons. The molecule has 45 heavy (non-hydrogen) atoms. The van der Waals surface area contributed by atoms with Gasteiger partial charge in [-0.25, -0.2) is 19.7 Å². The zero-order valence-electron chi connectivity index (χ0n) is 23.4. The van der Waals surface area contributed by atoms with E-state index in [0.717, 1.165) is 4.57 Å². The van der Waals surface area contributed by atoms with Crippen molar-refractivity contribution in [3.8, 4) is 0 Å². The van der Waals surface area contributed by atoms with Crippen molar-refractivity contribution in [2.45, 2.75) is 49.1 Å². The summed E-state index contributed by atoms with van der Waals surface area (Å²) in [6, 6.07) is 1.34. The van der Waals surface area contributed by atoms with E-state index in [-0.39, 0.29) is 11.6 Å². The molecule has 0 aromatic carbocycles. The van der Waals surface area contributed by atoms with Gasteiger partial charge in [-0.3, -0.25) is 18.2 Å². The monoisotopic (exact) mass is 712 g/mol. The Bertz CT molecular complexity index is 1680. The van der Waals surface area contributed by atoms with Crippen LogP contribution in [0.15, 0.2) is 29.7 Å². The van der Waals surface area contributed by atoms with Crippen molar-refractivity contribution >= 4 is 59.9 Å². The molecular weight excluding hydrogens is 682 g/mol. The minimum absolute atomic E-state index is 0.0393. The van der Waals surface area contributed by atoms with Crippen LogP contribution in [-0.2, 0) is 56.1 Å². The molecule has 2 fully saturated rings.